The van der Waals surface area contributed by atoms with Crippen molar-refractivity contribution in [1.82, 2.24) is 9.88 Å². The zero-order valence-electron chi connectivity index (χ0n) is 11.5. The van der Waals surface area contributed by atoms with Crippen molar-refractivity contribution in [3.63, 3.8) is 0 Å². The van der Waals surface area contributed by atoms with E-state index in [1.165, 1.54) is 0 Å². The fourth-order valence-corrected chi connectivity index (χ4v) is 3.50. The third-order valence-electron chi connectivity index (χ3n) is 3.26. The molecule has 1 amide bonds. The number of anilines is 1. The highest BCUT2D eigenvalue weighted by Crippen LogP contribution is 2.17. The molecule has 6 nitrogen and oxygen atoms in total. The standard InChI is InChI=1S/C13H19N3O3S/c1-2-15-12-10-14-5-4-11(12)13(17)16-6-3-8-20(18,19)9-7-16/h4-5,10,15H,2-3,6-9H2,1H3. The highest BCUT2D eigenvalue weighted by Gasteiger charge is 2.24. The van der Waals surface area contributed by atoms with Crippen LogP contribution in [0.2, 0.25) is 0 Å². The summed E-state index contributed by atoms with van der Waals surface area (Å²) in [5, 5.41) is 3.10. The first-order valence-corrected chi connectivity index (χ1v) is 8.53. The Hall–Kier alpha value is -1.63. The van der Waals surface area contributed by atoms with Crippen molar-refractivity contribution in [3.05, 3.63) is 24.0 Å². The number of rotatable bonds is 3. The summed E-state index contributed by atoms with van der Waals surface area (Å²) in [4.78, 5) is 18.1. The van der Waals surface area contributed by atoms with E-state index >= 15 is 0 Å². The van der Waals surface area contributed by atoms with Gasteiger partial charge in [-0.1, -0.05) is 0 Å². The minimum absolute atomic E-state index is 0.0420. The molecule has 0 aromatic carbocycles. The van der Waals surface area contributed by atoms with Gasteiger partial charge in [0.15, 0.2) is 9.84 Å². The SMILES string of the molecule is CCNc1cnccc1C(=O)N1CCCS(=O)(=O)CC1. The Bertz CT molecular complexity index is 586. The molecule has 2 heterocycles. The van der Waals surface area contributed by atoms with Crippen LogP contribution in [0.1, 0.15) is 23.7 Å². The van der Waals surface area contributed by atoms with Gasteiger partial charge in [-0.3, -0.25) is 9.78 Å². The van der Waals surface area contributed by atoms with Gasteiger partial charge in [0, 0.05) is 25.8 Å². The van der Waals surface area contributed by atoms with E-state index in [9.17, 15) is 13.2 Å². The lowest BCUT2D eigenvalue weighted by Gasteiger charge is -2.21. The maximum atomic E-state index is 12.5. The van der Waals surface area contributed by atoms with Crippen LogP contribution in [0.4, 0.5) is 5.69 Å². The molecule has 0 spiro atoms. The van der Waals surface area contributed by atoms with Crippen LogP contribution in [-0.2, 0) is 9.84 Å². The second-order valence-electron chi connectivity index (χ2n) is 4.75. The van der Waals surface area contributed by atoms with Crippen LogP contribution in [0.3, 0.4) is 0 Å². The number of carbonyl (C=O) groups excluding carboxylic acids is 1. The number of amides is 1. The van der Waals surface area contributed by atoms with Crippen LogP contribution >= 0.6 is 0 Å². The fourth-order valence-electron chi connectivity index (χ4n) is 2.22. The van der Waals surface area contributed by atoms with Crippen molar-refractivity contribution in [3.8, 4) is 0 Å². The first-order chi connectivity index (χ1) is 9.53. The predicted molar refractivity (Wildman–Crippen MR) is 77.6 cm³/mol. The number of aromatic nitrogens is 1. The number of hydrogen-bond acceptors (Lipinski definition) is 5. The van der Waals surface area contributed by atoms with Gasteiger partial charge in [0.1, 0.15) is 0 Å². The first-order valence-electron chi connectivity index (χ1n) is 6.71. The van der Waals surface area contributed by atoms with E-state index in [0.717, 1.165) is 0 Å². The number of sulfone groups is 1. The Morgan fingerprint density at radius 2 is 2.20 bits per heavy atom. The summed E-state index contributed by atoms with van der Waals surface area (Å²) in [5.74, 6) is 0.0635. The molecule has 0 radical (unpaired) electrons. The van der Waals surface area contributed by atoms with Gasteiger partial charge in [-0.15, -0.1) is 0 Å². The van der Waals surface area contributed by atoms with E-state index in [2.05, 4.69) is 10.3 Å². The summed E-state index contributed by atoms with van der Waals surface area (Å²) >= 11 is 0. The van der Waals surface area contributed by atoms with E-state index in [-0.39, 0.29) is 24.0 Å². The predicted octanol–water partition coefficient (Wildman–Crippen LogP) is 0.774. The van der Waals surface area contributed by atoms with E-state index in [1.807, 2.05) is 6.92 Å². The Morgan fingerprint density at radius 1 is 1.40 bits per heavy atom. The van der Waals surface area contributed by atoms with E-state index in [4.69, 9.17) is 0 Å². The third kappa shape index (κ3) is 3.47. The topological polar surface area (TPSA) is 79.4 Å². The Morgan fingerprint density at radius 3 is 2.95 bits per heavy atom. The lowest BCUT2D eigenvalue weighted by atomic mass is 10.2. The average Bonchev–Trinajstić information content (AvgIpc) is 2.60. The molecule has 0 aliphatic carbocycles. The molecule has 7 heteroatoms. The Labute approximate surface area is 119 Å². The Balaban J connectivity index is 2.19. The summed E-state index contributed by atoms with van der Waals surface area (Å²) < 4.78 is 23.2. The van der Waals surface area contributed by atoms with Crippen LogP contribution < -0.4 is 5.32 Å². The third-order valence-corrected chi connectivity index (χ3v) is 4.98. The summed E-state index contributed by atoms with van der Waals surface area (Å²) in [6.45, 7) is 3.38. The van der Waals surface area contributed by atoms with Gasteiger partial charge in [0.2, 0.25) is 0 Å². The molecule has 2 rings (SSSR count). The second-order valence-corrected chi connectivity index (χ2v) is 7.05. The second kappa shape index (κ2) is 6.21. The Kier molecular flexibility index (Phi) is 4.59. The summed E-state index contributed by atoms with van der Waals surface area (Å²) in [6.07, 6.45) is 3.68. The van der Waals surface area contributed by atoms with Gasteiger partial charge in [0.05, 0.1) is 29.0 Å². The smallest absolute Gasteiger partial charge is 0.256 e. The lowest BCUT2D eigenvalue weighted by Crippen LogP contribution is -2.34. The minimum Gasteiger partial charge on any atom is -0.383 e. The van der Waals surface area contributed by atoms with Crippen molar-refractivity contribution in [1.29, 1.82) is 0 Å². The van der Waals surface area contributed by atoms with Crippen LogP contribution in [-0.4, -0.2) is 55.3 Å². The monoisotopic (exact) mass is 297 g/mol. The largest absolute Gasteiger partial charge is 0.383 e. The maximum absolute atomic E-state index is 12.5. The van der Waals surface area contributed by atoms with Gasteiger partial charge in [-0.25, -0.2) is 8.42 Å². The molecule has 1 aromatic rings. The fraction of sp³-hybridized carbons (Fsp3) is 0.538. The zero-order valence-corrected chi connectivity index (χ0v) is 12.3. The molecule has 1 saturated heterocycles. The van der Waals surface area contributed by atoms with Gasteiger partial charge in [-0.2, -0.15) is 0 Å². The van der Waals surface area contributed by atoms with Gasteiger partial charge in [0.25, 0.3) is 5.91 Å². The average molecular weight is 297 g/mol. The number of hydrogen-bond donors (Lipinski definition) is 1. The molecule has 110 valence electrons. The van der Waals surface area contributed by atoms with Crippen LogP contribution in [0.5, 0.6) is 0 Å². The highest BCUT2D eigenvalue weighted by atomic mass is 32.2. The normalized spacial score (nSPS) is 18.4. The molecular formula is C13H19N3O3S. The number of carbonyl (C=O) groups is 1. The quantitative estimate of drug-likeness (QED) is 0.891. The number of nitrogens with zero attached hydrogens (tertiary/aromatic N) is 2. The highest BCUT2D eigenvalue weighted by molar-refractivity contribution is 7.91. The van der Waals surface area contributed by atoms with E-state index < -0.39 is 9.84 Å². The summed E-state index contributed by atoms with van der Waals surface area (Å²) in [5.41, 5.74) is 1.23. The maximum Gasteiger partial charge on any atom is 0.256 e. The van der Waals surface area contributed by atoms with Gasteiger partial charge < -0.3 is 10.2 Å². The molecule has 0 unspecified atom stereocenters. The van der Waals surface area contributed by atoms with Crippen molar-refractivity contribution in [2.75, 3.05) is 36.5 Å². The van der Waals surface area contributed by atoms with Crippen molar-refractivity contribution in [2.45, 2.75) is 13.3 Å². The van der Waals surface area contributed by atoms with Crippen LogP contribution in [0.15, 0.2) is 18.5 Å². The molecule has 1 aliphatic heterocycles. The number of pyridine rings is 1. The molecule has 1 N–H and O–H groups in total. The van der Waals surface area contributed by atoms with Crippen molar-refractivity contribution in [2.24, 2.45) is 0 Å². The molecular weight excluding hydrogens is 278 g/mol. The molecule has 0 atom stereocenters. The van der Waals surface area contributed by atoms with Gasteiger partial charge in [-0.05, 0) is 19.4 Å². The molecule has 1 aromatic heterocycles. The number of nitrogens with one attached hydrogen (secondary N) is 1. The molecule has 0 bridgehead atoms. The molecule has 1 fully saturated rings. The van der Waals surface area contributed by atoms with Crippen LogP contribution in [0.25, 0.3) is 0 Å². The van der Waals surface area contributed by atoms with Crippen LogP contribution in [0, 0.1) is 0 Å². The molecule has 1 aliphatic rings. The van der Waals surface area contributed by atoms with Crippen molar-refractivity contribution >= 4 is 21.4 Å². The molecule has 20 heavy (non-hydrogen) atoms. The van der Waals surface area contributed by atoms with Crippen molar-refractivity contribution < 1.29 is 13.2 Å². The van der Waals surface area contributed by atoms with E-state index in [0.29, 0.717) is 30.8 Å². The lowest BCUT2D eigenvalue weighted by molar-refractivity contribution is 0.0769. The van der Waals surface area contributed by atoms with Gasteiger partial charge >= 0.3 is 0 Å². The minimum atomic E-state index is -3.01. The summed E-state index contributed by atoms with van der Waals surface area (Å²) in [7, 11) is -3.01. The summed E-state index contributed by atoms with van der Waals surface area (Å²) in [6, 6.07) is 1.67. The molecule has 0 saturated carbocycles. The van der Waals surface area contributed by atoms with E-state index in [1.54, 1.807) is 23.4 Å². The first kappa shape index (κ1) is 14.8. The zero-order chi connectivity index (χ0) is 14.6.